The van der Waals surface area contributed by atoms with E-state index in [4.69, 9.17) is 14.7 Å². The van der Waals surface area contributed by atoms with E-state index in [2.05, 4.69) is 17.2 Å². The van der Waals surface area contributed by atoms with E-state index in [9.17, 15) is 42.4 Å². The zero-order valence-corrected chi connectivity index (χ0v) is 18.1. The van der Waals surface area contributed by atoms with Crippen molar-refractivity contribution >= 4 is 39.1 Å². The number of hydrogen-bond acceptors (Lipinski definition) is 13. The van der Waals surface area contributed by atoms with E-state index in [1.807, 2.05) is 0 Å². The second kappa shape index (κ2) is 10.3. The molecular weight excluding hydrogens is 562 g/mol. The van der Waals surface area contributed by atoms with Crippen molar-refractivity contribution in [3.8, 4) is 0 Å². The fraction of sp³-hybridized carbons (Fsp3) is 0. The third-order valence-corrected chi connectivity index (χ3v) is 7.31. The molecular formula is H3LiNdO16P5. The first-order valence-corrected chi connectivity index (χ1v) is 11.1. The van der Waals surface area contributed by atoms with Crippen LogP contribution in [0.2, 0.25) is 0 Å². The smallest absolute Gasteiger partial charge is 0.790 e. The van der Waals surface area contributed by atoms with Crippen molar-refractivity contribution in [2.24, 2.45) is 0 Å². The van der Waals surface area contributed by atoms with Gasteiger partial charge in [0.2, 0.25) is 0 Å². The third kappa shape index (κ3) is 17.8. The molecule has 0 saturated heterocycles. The van der Waals surface area contributed by atoms with Crippen LogP contribution in [-0.2, 0) is 40.1 Å². The van der Waals surface area contributed by atoms with Crippen LogP contribution in [0.25, 0.3) is 0 Å². The quantitative estimate of drug-likeness (QED) is 0.182. The van der Waals surface area contributed by atoms with Gasteiger partial charge in [-0.05, 0) is 0 Å². The predicted octanol–water partition coefficient (Wildman–Crippen LogP) is -5.98. The van der Waals surface area contributed by atoms with Crippen molar-refractivity contribution in [2.75, 3.05) is 0 Å². The summed E-state index contributed by atoms with van der Waals surface area (Å²) in [4.78, 5) is 66.1. The maximum atomic E-state index is 10.8. The van der Waals surface area contributed by atoms with Gasteiger partial charge in [-0.25, -0.2) is 17.8 Å². The topological polar surface area (TPSA) is 275 Å². The normalized spacial score (nSPS) is 20.1. The summed E-state index contributed by atoms with van der Waals surface area (Å²) in [5, 5.41) is 0. The van der Waals surface area contributed by atoms with Crippen LogP contribution >= 0.6 is 39.1 Å². The van der Waals surface area contributed by atoms with Crippen LogP contribution in [0.1, 0.15) is 0 Å². The molecule has 0 aliphatic carbocycles. The van der Waals surface area contributed by atoms with Crippen LogP contribution in [0.5, 0.6) is 0 Å². The average molecular weight is 565 g/mol. The molecule has 0 saturated carbocycles. The van der Waals surface area contributed by atoms with Crippen molar-refractivity contribution in [1.82, 2.24) is 0 Å². The van der Waals surface area contributed by atoms with E-state index in [1.165, 1.54) is 0 Å². The van der Waals surface area contributed by atoms with Crippen molar-refractivity contribution in [1.29, 1.82) is 0 Å². The molecule has 0 aromatic rings. The SMILES string of the molecule is O=P([O-])([O-])OP(=O)([O-])OP(=O)([O-])OP(=O)(O)OP(=O)(O)O.[Li+].[Nd+3]. The minimum absolute atomic E-state index is 0. The largest absolute Gasteiger partial charge is 3.00 e. The molecule has 0 fully saturated rings. The first-order valence-electron chi connectivity index (χ1n) is 3.70. The van der Waals surface area contributed by atoms with Gasteiger partial charge in [-0.2, -0.15) is 4.31 Å². The van der Waals surface area contributed by atoms with E-state index < -0.39 is 39.1 Å². The number of rotatable bonds is 8. The fourth-order valence-electron chi connectivity index (χ4n) is 0.550. The molecule has 3 unspecified atom stereocenters. The Morgan fingerprint density at radius 3 is 1.30 bits per heavy atom. The number of hydrogen-bond donors (Lipinski definition) is 3. The average Bonchev–Trinajstić information content (AvgIpc) is 1.83. The summed E-state index contributed by atoms with van der Waals surface area (Å²) in [6.45, 7) is 0. The molecule has 0 amide bonds. The van der Waals surface area contributed by atoms with Crippen LogP contribution < -0.4 is 38.4 Å². The molecule has 129 valence electrons. The van der Waals surface area contributed by atoms with Gasteiger partial charge in [0.1, 0.15) is 0 Å². The summed E-state index contributed by atoms with van der Waals surface area (Å²) in [6.07, 6.45) is 0. The fourth-order valence-corrected chi connectivity index (χ4v) is 5.76. The first kappa shape index (κ1) is 30.4. The summed E-state index contributed by atoms with van der Waals surface area (Å²) >= 11 is 0. The standard InChI is InChI=1S/Li.Nd.H7O16P5/c;;1-17(2,3)13-19(7,8)15-21(11,12)16-20(9,10)14-18(4,5)6/h;;(H,7,8)(H,9,10)(H,11,12)(H2,1,2,3)(H2,4,5,6)/q+1;+3;/p-4. The Morgan fingerprint density at radius 1 is 0.652 bits per heavy atom. The Kier molecular flexibility index (Phi) is 13.6. The molecule has 16 nitrogen and oxygen atoms in total. The van der Waals surface area contributed by atoms with Crippen molar-refractivity contribution < 1.29 is 134 Å². The molecule has 0 bridgehead atoms. The van der Waals surface area contributed by atoms with Gasteiger partial charge in [0.15, 0.2) is 0 Å². The minimum atomic E-state index is -6.44. The Morgan fingerprint density at radius 2 is 1.00 bits per heavy atom. The van der Waals surface area contributed by atoms with Crippen LogP contribution in [0, 0.1) is 40.8 Å². The first-order chi connectivity index (χ1) is 8.83. The Bertz CT molecular complexity index is 558. The van der Waals surface area contributed by atoms with Crippen LogP contribution in [0.15, 0.2) is 0 Å². The van der Waals surface area contributed by atoms with Crippen molar-refractivity contribution in [2.45, 2.75) is 0 Å². The zero-order valence-electron chi connectivity index (χ0n) is 10.4. The van der Waals surface area contributed by atoms with E-state index in [-0.39, 0.29) is 59.7 Å². The molecule has 0 heterocycles. The summed E-state index contributed by atoms with van der Waals surface area (Å²) in [7, 11) is -30.9. The maximum Gasteiger partial charge on any atom is 3.00 e. The van der Waals surface area contributed by atoms with Crippen LogP contribution in [0.4, 0.5) is 0 Å². The molecule has 23 heavy (non-hydrogen) atoms. The van der Waals surface area contributed by atoms with E-state index >= 15 is 0 Å². The molecule has 0 aliphatic rings. The Labute approximate surface area is 171 Å². The van der Waals surface area contributed by atoms with Gasteiger partial charge < -0.3 is 38.8 Å². The molecule has 0 spiro atoms. The molecule has 1 radical (unpaired) electrons. The Hall–Kier alpha value is 2.66. The van der Waals surface area contributed by atoms with Gasteiger partial charge in [-0.3, -0.25) is 13.4 Å². The second-order valence-corrected chi connectivity index (χ2v) is 9.84. The third-order valence-electron chi connectivity index (χ3n) is 0.813. The summed E-state index contributed by atoms with van der Waals surface area (Å²) in [5.41, 5.74) is 0. The van der Waals surface area contributed by atoms with Gasteiger partial charge >= 0.3 is 75.3 Å². The summed E-state index contributed by atoms with van der Waals surface area (Å²) in [6, 6.07) is 0. The van der Waals surface area contributed by atoms with Gasteiger partial charge in [-0.1, -0.05) is 0 Å². The van der Waals surface area contributed by atoms with E-state index in [1.54, 1.807) is 0 Å². The number of phosphoric acid groups is 5. The van der Waals surface area contributed by atoms with E-state index in [0.717, 1.165) is 0 Å². The molecule has 3 atom stereocenters. The van der Waals surface area contributed by atoms with Crippen LogP contribution in [-0.4, -0.2) is 14.7 Å². The molecule has 3 N–H and O–H groups in total. The summed E-state index contributed by atoms with van der Waals surface area (Å²) < 4.78 is 63.8. The van der Waals surface area contributed by atoms with Gasteiger partial charge in [-0.15, -0.1) is 0 Å². The van der Waals surface area contributed by atoms with E-state index in [0.29, 0.717) is 0 Å². The Balaban J connectivity index is -0.00000200. The monoisotopic (exact) mass is 563 g/mol. The summed E-state index contributed by atoms with van der Waals surface area (Å²) in [5.74, 6) is 0. The van der Waals surface area contributed by atoms with Gasteiger partial charge in [0.25, 0.3) is 15.6 Å². The van der Waals surface area contributed by atoms with Crippen molar-refractivity contribution in [3.63, 3.8) is 0 Å². The van der Waals surface area contributed by atoms with Gasteiger partial charge in [0.05, 0.1) is 7.82 Å². The minimum Gasteiger partial charge on any atom is -0.790 e. The molecule has 0 rings (SSSR count). The van der Waals surface area contributed by atoms with Gasteiger partial charge in [0, 0.05) is 0 Å². The molecule has 0 aromatic carbocycles. The molecule has 23 heteroatoms. The maximum absolute atomic E-state index is 10.8. The molecule has 0 aliphatic heterocycles. The van der Waals surface area contributed by atoms with Crippen molar-refractivity contribution in [3.05, 3.63) is 0 Å². The molecule has 0 aromatic heterocycles. The zero-order chi connectivity index (χ0) is 17.3. The second-order valence-electron chi connectivity index (χ2n) is 2.63. The van der Waals surface area contributed by atoms with Crippen LogP contribution in [0.3, 0.4) is 0 Å². The predicted molar refractivity (Wildman–Crippen MR) is 49.0 cm³/mol.